The van der Waals surface area contributed by atoms with Crippen molar-refractivity contribution in [3.63, 3.8) is 0 Å². The number of nitrogens with zero attached hydrogens (tertiary/aromatic N) is 1. The quantitative estimate of drug-likeness (QED) is 0.812. The third-order valence-electron chi connectivity index (χ3n) is 4.38. The lowest BCUT2D eigenvalue weighted by molar-refractivity contribution is 0.163. The third-order valence-corrected chi connectivity index (χ3v) is 4.38. The highest BCUT2D eigenvalue weighted by atomic mass is 16.5. The van der Waals surface area contributed by atoms with E-state index in [0.29, 0.717) is 6.61 Å². The molecule has 1 heterocycles. The van der Waals surface area contributed by atoms with Crippen LogP contribution in [0.15, 0.2) is 24.3 Å². The maximum Gasteiger partial charge on any atom is 0.315 e. The molecule has 0 aliphatic carbocycles. The van der Waals surface area contributed by atoms with Crippen LogP contribution in [-0.2, 0) is 4.74 Å². The Hall–Kier alpha value is -1.75. The molecule has 0 spiro atoms. The molecule has 0 aromatic heterocycles. The molecule has 0 unspecified atom stereocenters. The van der Waals surface area contributed by atoms with E-state index in [9.17, 15) is 4.79 Å². The van der Waals surface area contributed by atoms with Crippen molar-refractivity contribution in [1.82, 2.24) is 10.6 Å². The second-order valence-corrected chi connectivity index (χ2v) is 6.19. The number of benzene rings is 1. The number of anilines is 1. The van der Waals surface area contributed by atoms with E-state index in [1.807, 2.05) is 13.8 Å². The number of methoxy groups -OCH3 is 1. The molecule has 2 N–H and O–H groups in total. The van der Waals surface area contributed by atoms with Crippen LogP contribution in [0, 0.1) is 0 Å². The van der Waals surface area contributed by atoms with Crippen LogP contribution in [0.25, 0.3) is 0 Å². The second-order valence-electron chi connectivity index (χ2n) is 6.19. The smallest absolute Gasteiger partial charge is 0.315 e. The molecule has 1 aliphatic rings. The van der Waals surface area contributed by atoms with Gasteiger partial charge in [-0.2, -0.15) is 0 Å². The molecule has 23 heavy (non-hydrogen) atoms. The molecule has 2 atom stereocenters. The molecule has 1 aliphatic heterocycles. The van der Waals surface area contributed by atoms with Crippen molar-refractivity contribution in [2.75, 3.05) is 31.7 Å². The van der Waals surface area contributed by atoms with Gasteiger partial charge in [0.05, 0.1) is 18.7 Å². The van der Waals surface area contributed by atoms with Gasteiger partial charge in [0.2, 0.25) is 0 Å². The van der Waals surface area contributed by atoms with Gasteiger partial charge in [-0.1, -0.05) is 19.1 Å². The van der Waals surface area contributed by atoms with E-state index in [-0.39, 0.29) is 18.1 Å². The highest BCUT2D eigenvalue weighted by Gasteiger charge is 2.16. The summed E-state index contributed by atoms with van der Waals surface area (Å²) in [6.45, 7) is 6.83. The van der Waals surface area contributed by atoms with Crippen molar-refractivity contribution in [3.05, 3.63) is 29.8 Å². The van der Waals surface area contributed by atoms with E-state index in [1.165, 1.54) is 18.5 Å². The fourth-order valence-electron chi connectivity index (χ4n) is 2.94. The molecule has 1 fully saturated rings. The van der Waals surface area contributed by atoms with Crippen molar-refractivity contribution in [2.45, 2.75) is 45.2 Å². The van der Waals surface area contributed by atoms with Gasteiger partial charge in [0.25, 0.3) is 0 Å². The zero-order valence-electron chi connectivity index (χ0n) is 14.5. The van der Waals surface area contributed by atoms with Gasteiger partial charge in [0.15, 0.2) is 0 Å². The maximum atomic E-state index is 12.1. The number of carbonyl (C=O) groups is 1. The standard InChI is InChI=1S/C18H29N3O2/c1-4-16(13-23-3)20-18(22)19-14(2)15-8-7-9-17(12-15)21-10-5-6-11-21/h7-9,12,14,16H,4-6,10-11,13H2,1-3H3,(H2,19,20,22)/t14-,16+/m1/s1. The number of hydrogen-bond donors (Lipinski definition) is 2. The first-order valence-corrected chi connectivity index (χ1v) is 8.55. The molecule has 0 bridgehead atoms. The summed E-state index contributed by atoms with van der Waals surface area (Å²) in [6.07, 6.45) is 3.37. The predicted octanol–water partition coefficient (Wildman–Crippen LogP) is 3.07. The average Bonchev–Trinajstić information content (AvgIpc) is 3.09. The Morgan fingerprint density at radius 1 is 1.30 bits per heavy atom. The Bertz CT molecular complexity index is 501. The molecule has 5 heteroatoms. The highest BCUT2D eigenvalue weighted by molar-refractivity contribution is 5.74. The van der Waals surface area contributed by atoms with E-state index in [2.05, 4.69) is 39.8 Å². The van der Waals surface area contributed by atoms with Crippen LogP contribution >= 0.6 is 0 Å². The van der Waals surface area contributed by atoms with Gasteiger partial charge >= 0.3 is 6.03 Å². The number of nitrogens with one attached hydrogen (secondary N) is 2. The first-order chi connectivity index (χ1) is 11.1. The molecule has 1 saturated heterocycles. The Labute approximate surface area is 139 Å². The Balaban J connectivity index is 1.93. The molecule has 2 amide bonds. The molecular weight excluding hydrogens is 290 g/mol. The minimum Gasteiger partial charge on any atom is -0.383 e. The van der Waals surface area contributed by atoms with Crippen molar-refractivity contribution in [3.8, 4) is 0 Å². The van der Waals surface area contributed by atoms with E-state index in [0.717, 1.165) is 25.1 Å². The van der Waals surface area contributed by atoms with Crippen LogP contribution < -0.4 is 15.5 Å². The first kappa shape index (κ1) is 17.6. The fraction of sp³-hybridized carbons (Fsp3) is 0.611. The third kappa shape index (κ3) is 5.13. The number of ether oxygens (including phenoxy) is 1. The van der Waals surface area contributed by atoms with Crippen molar-refractivity contribution in [1.29, 1.82) is 0 Å². The minimum absolute atomic E-state index is 0.0300. The van der Waals surface area contributed by atoms with Gasteiger partial charge in [-0.15, -0.1) is 0 Å². The Morgan fingerprint density at radius 2 is 2.04 bits per heavy atom. The lowest BCUT2D eigenvalue weighted by atomic mass is 10.1. The summed E-state index contributed by atoms with van der Waals surface area (Å²) < 4.78 is 5.11. The minimum atomic E-state index is -0.145. The number of hydrogen-bond acceptors (Lipinski definition) is 3. The molecule has 128 valence electrons. The summed E-state index contributed by atoms with van der Waals surface area (Å²) in [5, 5.41) is 5.97. The summed E-state index contributed by atoms with van der Waals surface area (Å²) in [5.74, 6) is 0. The van der Waals surface area contributed by atoms with Gasteiger partial charge in [-0.25, -0.2) is 4.79 Å². The van der Waals surface area contributed by atoms with Crippen LogP contribution in [0.2, 0.25) is 0 Å². The summed E-state index contributed by atoms with van der Waals surface area (Å²) in [5.41, 5.74) is 2.38. The summed E-state index contributed by atoms with van der Waals surface area (Å²) in [7, 11) is 1.65. The first-order valence-electron chi connectivity index (χ1n) is 8.55. The average molecular weight is 319 g/mol. The number of urea groups is 1. The van der Waals surface area contributed by atoms with E-state index < -0.39 is 0 Å². The summed E-state index contributed by atoms with van der Waals surface area (Å²) in [4.78, 5) is 14.5. The molecule has 5 nitrogen and oxygen atoms in total. The molecule has 0 saturated carbocycles. The number of rotatable bonds is 7. The summed E-state index contributed by atoms with van der Waals surface area (Å²) in [6, 6.07) is 8.33. The molecular formula is C18H29N3O2. The predicted molar refractivity (Wildman–Crippen MR) is 93.9 cm³/mol. The summed E-state index contributed by atoms with van der Waals surface area (Å²) >= 11 is 0. The van der Waals surface area contributed by atoms with E-state index >= 15 is 0 Å². The zero-order chi connectivity index (χ0) is 16.7. The van der Waals surface area contributed by atoms with Crippen LogP contribution in [-0.4, -0.2) is 38.9 Å². The fourth-order valence-corrected chi connectivity index (χ4v) is 2.94. The number of amides is 2. The molecule has 0 radical (unpaired) electrons. The van der Waals surface area contributed by atoms with Gasteiger partial charge in [0.1, 0.15) is 0 Å². The monoisotopic (exact) mass is 319 g/mol. The second kappa shape index (κ2) is 8.77. The number of carbonyl (C=O) groups excluding carboxylic acids is 1. The highest BCUT2D eigenvalue weighted by Crippen LogP contribution is 2.23. The SMILES string of the molecule is CC[C@@H](COC)NC(=O)N[C@H](C)c1cccc(N2CCCC2)c1. The van der Waals surface area contributed by atoms with E-state index in [1.54, 1.807) is 7.11 Å². The molecule has 2 rings (SSSR count). The normalized spacial score (nSPS) is 16.9. The topological polar surface area (TPSA) is 53.6 Å². The van der Waals surface area contributed by atoms with Crippen LogP contribution in [0.3, 0.4) is 0 Å². The Kier molecular flexibility index (Phi) is 6.71. The zero-order valence-corrected chi connectivity index (χ0v) is 14.5. The molecule has 1 aromatic rings. The van der Waals surface area contributed by atoms with Gasteiger partial charge in [-0.3, -0.25) is 0 Å². The van der Waals surface area contributed by atoms with E-state index in [4.69, 9.17) is 4.74 Å². The van der Waals surface area contributed by atoms with Crippen molar-refractivity contribution in [2.24, 2.45) is 0 Å². The van der Waals surface area contributed by atoms with Crippen molar-refractivity contribution >= 4 is 11.7 Å². The Morgan fingerprint density at radius 3 is 2.70 bits per heavy atom. The largest absolute Gasteiger partial charge is 0.383 e. The van der Waals surface area contributed by atoms with Crippen molar-refractivity contribution < 1.29 is 9.53 Å². The van der Waals surface area contributed by atoms with Crippen LogP contribution in [0.4, 0.5) is 10.5 Å². The van der Waals surface area contributed by atoms with Crippen LogP contribution in [0.1, 0.15) is 44.7 Å². The van der Waals surface area contributed by atoms with Gasteiger partial charge in [0, 0.05) is 25.9 Å². The lowest BCUT2D eigenvalue weighted by Gasteiger charge is -2.22. The van der Waals surface area contributed by atoms with Gasteiger partial charge in [-0.05, 0) is 43.9 Å². The lowest BCUT2D eigenvalue weighted by Crippen LogP contribution is -2.44. The van der Waals surface area contributed by atoms with Gasteiger partial charge < -0.3 is 20.3 Å². The molecule has 1 aromatic carbocycles. The van der Waals surface area contributed by atoms with Crippen LogP contribution in [0.5, 0.6) is 0 Å². The maximum absolute atomic E-state index is 12.1.